The third kappa shape index (κ3) is 6.27. The number of carbonyl (C=O) groups is 2. The van der Waals surface area contributed by atoms with Crippen LogP contribution in [0.3, 0.4) is 0 Å². The van der Waals surface area contributed by atoms with Gasteiger partial charge in [-0.15, -0.1) is 0 Å². The first-order valence-corrected chi connectivity index (χ1v) is 12.5. The zero-order chi connectivity index (χ0) is 27.2. The first-order chi connectivity index (χ1) is 18.3. The van der Waals surface area contributed by atoms with E-state index >= 15 is 0 Å². The van der Waals surface area contributed by atoms with E-state index in [0.29, 0.717) is 45.0 Å². The summed E-state index contributed by atoms with van der Waals surface area (Å²) >= 11 is 12.0. The van der Waals surface area contributed by atoms with Gasteiger partial charge in [0.15, 0.2) is 0 Å². The lowest BCUT2D eigenvalue weighted by Gasteiger charge is -2.20. The average molecular weight is 553 g/mol. The summed E-state index contributed by atoms with van der Waals surface area (Å²) in [5, 5.41) is 3.98. The summed E-state index contributed by atoms with van der Waals surface area (Å²) in [6.45, 7) is 1.98. The molecule has 0 radical (unpaired) electrons. The molecule has 8 nitrogen and oxygen atoms in total. The Balaban J connectivity index is 1.65. The van der Waals surface area contributed by atoms with E-state index < -0.39 is 5.91 Å². The maximum absolute atomic E-state index is 13.1. The van der Waals surface area contributed by atoms with Crippen LogP contribution < -0.4 is 14.8 Å². The van der Waals surface area contributed by atoms with Crippen LogP contribution in [0, 0.1) is 0 Å². The van der Waals surface area contributed by atoms with Gasteiger partial charge in [-0.05, 0) is 43.3 Å². The largest absolute Gasteiger partial charge is 0.497 e. The quantitative estimate of drug-likeness (QED) is 0.276. The molecule has 0 atom stereocenters. The predicted molar refractivity (Wildman–Crippen MR) is 149 cm³/mol. The van der Waals surface area contributed by atoms with E-state index in [1.54, 1.807) is 79.6 Å². The number of carbonyl (C=O) groups excluding carboxylic acids is 2. The smallest absolute Gasteiger partial charge is 0.254 e. The molecule has 0 bridgehead atoms. The van der Waals surface area contributed by atoms with E-state index in [-0.39, 0.29) is 18.4 Å². The molecule has 0 aliphatic carbocycles. The Morgan fingerprint density at radius 1 is 0.921 bits per heavy atom. The molecular formula is C28H26Cl2N4O4. The fraction of sp³-hybridized carbons (Fsp3) is 0.179. The van der Waals surface area contributed by atoms with Gasteiger partial charge in [0, 0.05) is 52.1 Å². The Labute approximate surface area is 230 Å². The van der Waals surface area contributed by atoms with Gasteiger partial charge in [0.1, 0.15) is 18.0 Å². The second kappa shape index (κ2) is 12.0. The molecule has 38 heavy (non-hydrogen) atoms. The molecule has 196 valence electrons. The lowest BCUT2D eigenvalue weighted by atomic mass is 10.2. The van der Waals surface area contributed by atoms with Gasteiger partial charge in [-0.25, -0.2) is 4.98 Å². The highest BCUT2D eigenvalue weighted by molar-refractivity contribution is 6.31. The molecule has 0 saturated heterocycles. The van der Waals surface area contributed by atoms with E-state index in [1.165, 1.54) is 4.90 Å². The Kier molecular flexibility index (Phi) is 8.55. The Morgan fingerprint density at radius 2 is 1.50 bits per heavy atom. The summed E-state index contributed by atoms with van der Waals surface area (Å²) in [6.07, 6.45) is 1.80. The van der Waals surface area contributed by atoms with Gasteiger partial charge in [0.05, 0.1) is 25.6 Å². The number of imidazole rings is 1. The molecule has 0 fully saturated rings. The van der Waals surface area contributed by atoms with Crippen molar-refractivity contribution in [3.63, 3.8) is 0 Å². The zero-order valence-electron chi connectivity index (χ0n) is 21.1. The standard InChI is InChI=1S/C28H26Cl2N4O4/c1-4-33(27(36)19-7-11-21(30)12-8-19)17-26(35)32-28-31-25(18-5-9-20(29)10-6-18)16-34(28)22-13-23(37-2)15-24(14-22)38-3/h5-16H,4,17H2,1-3H3,(H,31,32,35). The topological polar surface area (TPSA) is 85.7 Å². The van der Waals surface area contributed by atoms with Crippen molar-refractivity contribution in [3.8, 4) is 28.4 Å². The van der Waals surface area contributed by atoms with Crippen LogP contribution in [0.2, 0.25) is 10.0 Å². The maximum atomic E-state index is 13.1. The molecule has 4 aromatic rings. The fourth-order valence-corrected chi connectivity index (χ4v) is 4.05. The average Bonchev–Trinajstić information content (AvgIpc) is 3.35. The molecule has 4 rings (SSSR count). The van der Waals surface area contributed by atoms with E-state index in [2.05, 4.69) is 10.3 Å². The summed E-state index contributed by atoms with van der Waals surface area (Å²) in [5.74, 6) is 0.735. The number of hydrogen-bond acceptors (Lipinski definition) is 5. The van der Waals surface area contributed by atoms with Crippen LogP contribution in [0.5, 0.6) is 11.5 Å². The van der Waals surface area contributed by atoms with Crippen molar-refractivity contribution in [1.29, 1.82) is 0 Å². The van der Waals surface area contributed by atoms with E-state index in [0.717, 1.165) is 5.56 Å². The van der Waals surface area contributed by atoms with E-state index in [9.17, 15) is 9.59 Å². The van der Waals surface area contributed by atoms with Crippen LogP contribution in [0.25, 0.3) is 16.9 Å². The molecule has 0 aliphatic heterocycles. The SMILES string of the molecule is CCN(CC(=O)Nc1nc(-c2ccc(Cl)cc2)cn1-c1cc(OC)cc(OC)c1)C(=O)c1ccc(Cl)cc1. The van der Waals surface area contributed by atoms with Crippen molar-refractivity contribution in [2.75, 3.05) is 32.6 Å². The number of hydrogen-bond donors (Lipinski definition) is 1. The van der Waals surface area contributed by atoms with Gasteiger partial charge in [-0.2, -0.15) is 0 Å². The normalized spacial score (nSPS) is 10.7. The second-order valence-electron chi connectivity index (χ2n) is 8.27. The number of ether oxygens (including phenoxy) is 2. The van der Waals surface area contributed by atoms with Gasteiger partial charge in [0.2, 0.25) is 11.9 Å². The molecule has 2 amide bonds. The zero-order valence-corrected chi connectivity index (χ0v) is 22.6. The van der Waals surface area contributed by atoms with Crippen LogP contribution in [-0.2, 0) is 4.79 Å². The minimum atomic E-state index is -0.404. The fourth-order valence-electron chi connectivity index (χ4n) is 3.80. The first-order valence-electron chi connectivity index (χ1n) is 11.7. The van der Waals surface area contributed by atoms with Crippen molar-refractivity contribution in [2.24, 2.45) is 0 Å². The highest BCUT2D eigenvalue weighted by atomic mass is 35.5. The number of benzene rings is 3. The van der Waals surface area contributed by atoms with Gasteiger partial charge in [-0.1, -0.05) is 35.3 Å². The molecule has 0 saturated carbocycles. The van der Waals surface area contributed by atoms with Crippen molar-refractivity contribution in [1.82, 2.24) is 14.5 Å². The number of amides is 2. The van der Waals surface area contributed by atoms with Crippen LogP contribution in [0.4, 0.5) is 5.95 Å². The number of rotatable bonds is 9. The molecule has 0 aliphatic rings. The lowest BCUT2D eigenvalue weighted by molar-refractivity contribution is -0.116. The second-order valence-corrected chi connectivity index (χ2v) is 9.14. The van der Waals surface area contributed by atoms with Crippen LogP contribution in [0.1, 0.15) is 17.3 Å². The summed E-state index contributed by atoms with van der Waals surface area (Å²) in [6, 6.07) is 19.1. The van der Waals surface area contributed by atoms with Gasteiger partial charge < -0.3 is 14.4 Å². The number of nitrogens with zero attached hydrogens (tertiary/aromatic N) is 3. The third-order valence-corrected chi connectivity index (χ3v) is 6.31. The Morgan fingerprint density at radius 3 is 2.05 bits per heavy atom. The van der Waals surface area contributed by atoms with Crippen molar-refractivity contribution in [2.45, 2.75) is 6.92 Å². The predicted octanol–water partition coefficient (Wildman–Crippen LogP) is 5.96. The molecule has 0 spiro atoms. The van der Waals surface area contributed by atoms with E-state index in [1.807, 2.05) is 19.1 Å². The highest BCUT2D eigenvalue weighted by Crippen LogP contribution is 2.30. The Hall–Kier alpha value is -4.01. The van der Waals surface area contributed by atoms with Crippen molar-refractivity contribution in [3.05, 3.63) is 88.5 Å². The molecule has 1 N–H and O–H groups in total. The minimum absolute atomic E-state index is 0.164. The van der Waals surface area contributed by atoms with Crippen molar-refractivity contribution < 1.29 is 19.1 Å². The van der Waals surface area contributed by atoms with Gasteiger partial charge >= 0.3 is 0 Å². The number of aromatic nitrogens is 2. The first kappa shape index (κ1) is 27.0. The number of nitrogens with one attached hydrogen (secondary N) is 1. The lowest BCUT2D eigenvalue weighted by Crippen LogP contribution is -2.38. The summed E-state index contributed by atoms with van der Waals surface area (Å²) in [7, 11) is 3.12. The van der Waals surface area contributed by atoms with Gasteiger partial charge in [0.25, 0.3) is 5.91 Å². The molecular weight excluding hydrogens is 527 g/mol. The minimum Gasteiger partial charge on any atom is -0.497 e. The van der Waals surface area contributed by atoms with Crippen molar-refractivity contribution >= 4 is 41.0 Å². The molecule has 0 unspecified atom stereocenters. The maximum Gasteiger partial charge on any atom is 0.254 e. The Bertz CT molecular complexity index is 1410. The van der Waals surface area contributed by atoms with E-state index in [4.69, 9.17) is 32.7 Å². The van der Waals surface area contributed by atoms with Crippen LogP contribution in [-0.4, -0.2) is 53.6 Å². The monoisotopic (exact) mass is 552 g/mol. The molecule has 1 aromatic heterocycles. The van der Waals surface area contributed by atoms with Gasteiger partial charge in [-0.3, -0.25) is 19.5 Å². The number of likely N-dealkylation sites (N-methyl/N-ethyl adjacent to an activating group) is 1. The summed E-state index contributed by atoms with van der Waals surface area (Å²) < 4.78 is 12.6. The number of methoxy groups -OCH3 is 2. The molecule has 3 aromatic carbocycles. The summed E-state index contributed by atoms with van der Waals surface area (Å²) in [4.78, 5) is 32.2. The third-order valence-electron chi connectivity index (χ3n) is 5.81. The number of anilines is 1. The molecule has 1 heterocycles. The number of halogens is 2. The van der Waals surface area contributed by atoms with Crippen LogP contribution >= 0.6 is 23.2 Å². The van der Waals surface area contributed by atoms with Crippen LogP contribution in [0.15, 0.2) is 72.9 Å². The highest BCUT2D eigenvalue weighted by Gasteiger charge is 2.20. The summed E-state index contributed by atoms with van der Waals surface area (Å²) in [5.41, 5.74) is 2.53. The molecule has 10 heteroatoms.